The zero-order chi connectivity index (χ0) is 10.7. The number of benzene rings is 1. The number of oxazole rings is 1. The van der Waals surface area contributed by atoms with E-state index in [1.165, 1.54) is 0 Å². The minimum atomic E-state index is 0.467. The molecule has 4 heteroatoms. The van der Waals surface area contributed by atoms with Crippen LogP contribution in [0.25, 0.3) is 11.1 Å². The molecule has 1 heterocycles. The van der Waals surface area contributed by atoms with E-state index in [4.69, 9.17) is 9.68 Å². The lowest BCUT2D eigenvalue weighted by atomic mass is 10.3. The van der Waals surface area contributed by atoms with Gasteiger partial charge in [-0.25, -0.2) is 0 Å². The van der Waals surface area contributed by atoms with Crippen LogP contribution < -0.4 is 4.90 Å². The Kier molecular flexibility index (Phi) is 2.55. The van der Waals surface area contributed by atoms with E-state index in [1.54, 1.807) is 0 Å². The first-order chi connectivity index (χ1) is 7.31. The summed E-state index contributed by atoms with van der Waals surface area (Å²) in [5.74, 6) is 0. The third-order valence-electron chi connectivity index (χ3n) is 2.17. The van der Waals surface area contributed by atoms with Gasteiger partial charge < -0.3 is 9.32 Å². The summed E-state index contributed by atoms with van der Waals surface area (Å²) in [6, 6.07) is 10.3. The van der Waals surface area contributed by atoms with Gasteiger partial charge in [-0.2, -0.15) is 10.2 Å². The van der Waals surface area contributed by atoms with Crippen molar-refractivity contribution in [3.63, 3.8) is 0 Å². The molecule has 76 valence electrons. The average Bonchev–Trinajstić information content (AvgIpc) is 2.69. The third-order valence-corrected chi connectivity index (χ3v) is 2.17. The van der Waals surface area contributed by atoms with Crippen LogP contribution in [0.3, 0.4) is 0 Å². The van der Waals surface area contributed by atoms with Crippen molar-refractivity contribution in [3.8, 4) is 6.07 Å². The molecule has 0 aliphatic rings. The normalized spacial score (nSPS) is 10.1. The smallest absolute Gasteiger partial charge is 0.298 e. The molecule has 0 aliphatic carbocycles. The highest BCUT2D eigenvalue weighted by molar-refractivity contribution is 5.74. The van der Waals surface area contributed by atoms with Gasteiger partial charge in [-0.05, 0) is 12.1 Å². The average molecular weight is 201 g/mol. The first-order valence-electron chi connectivity index (χ1n) is 4.75. The van der Waals surface area contributed by atoms with Gasteiger partial charge >= 0.3 is 0 Å². The molecular weight excluding hydrogens is 190 g/mol. The van der Waals surface area contributed by atoms with Gasteiger partial charge in [0.2, 0.25) is 0 Å². The van der Waals surface area contributed by atoms with E-state index in [2.05, 4.69) is 11.1 Å². The summed E-state index contributed by atoms with van der Waals surface area (Å²) in [5.41, 5.74) is 1.62. The van der Waals surface area contributed by atoms with Crippen molar-refractivity contribution < 1.29 is 4.42 Å². The fourth-order valence-corrected chi connectivity index (χ4v) is 1.34. The fourth-order valence-electron chi connectivity index (χ4n) is 1.34. The number of hydrogen-bond acceptors (Lipinski definition) is 4. The molecule has 2 aromatic rings. The zero-order valence-electron chi connectivity index (χ0n) is 8.47. The predicted molar refractivity (Wildman–Crippen MR) is 57.5 cm³/mol. The summed E-state index contributed by atoms with van der Waals surface area (Å²) < 4.78 is 5.53. The van der Waals surface area contributed by atoms with Gasteiger partial charge in [0.15, 0.2) is 5.58 Å². The van der Waals surface area contributed by atoms with Crippen LogP contribution in [0.4, 0.5) is 6.01 Å². The highest BCUT2D eigenvalue weighted by Crippen LogP contribution is 2.20. The number of aromatic nitrogens is 1. The van der Waals surface area contributed by atoms with Crippen LogP contribution in [0.5, 0.6) is 0 Å². The monoisotopic (exact) mass is 201 g/mol. The molecule has 0 N–H and O–H groups in total. The van der Waals surface area contributed by atoms with Gasteiger partial charge in [0, 0.05) is 13.6 Å². The first-order valence-corrected chi connectivity index (χ1v) is 4.75. The second-order valence-corrected chi connectivity index (χ2v) is 3.29. The van der Waals surface area contributed by atoms with E-state index in [-0.39, 0.29) is 0 Å². The van der Waals surface area contributed by atoms with E-state index in [9.17, 15) is 0 Å². The minimum absolute atomic E-state index is 0.467. The number of nitriles is 1. The largest absolute Gasteiger partial charge is 0.423 e. The second-order valence-electron chi connectivity index (χ2n) is 3.29. The molecule has 0 saturated heterocycles. The molecule has 0 amide bonds. The number of nitrogens with zero attached hydrogens (tertiary/aromatic N) is 3. The van der Waals surface area contributed by atoms with Crippen LogP contribution in [-0.2, 0) is 0 Å². The topological polar surface area (TPSA) is 53.1 Å². The summed E-state index contributed by atoms with van der Waals surface area (Å²) in [4.78, 5) is 6.15. The second kappa shape index (κ2) is 4.01. The Balaban J connectivity index is 2.25. The van der Waals surface area contributed by atoms with Crippen molar-refractivity contribution in [1.29, 1.82) is 5.26 Å². The Morgan fingerprint density at radius 3 is 3.00 bits per heavy atom. The van der Waals surface area contributed by atoms with E-state index in [0.717, 1.165) is 11.1 Å². The van der Waals surface area contributed by atoms with Crippen LogP contribution in [-0.4, -0.2) is 18.6 Å². The van der Waals surface area contributed by atoms with Crippen LogP contribution in [0.1, 0.15) is 6.42 Å². The lowest BCUT2D eigenvalue weighted by Gasteiger charge is -2.10. The van der Waals surface area contributed by atoms with Gasteiger partial charge in [-0.3, -0.25) is 0 Å². The molecule has 0 atom stereocenters. The molecule has 0 spiro atoms. The van der Waals surface area contributed by atoms with Gasteiger partial charge in [0.05, 0.1) is 12.5 Å². The van der Waals surface area contributed by atoms with Crippen LogP contribution >= 0.6 is 0 Å². The number of hydrogen-bond donors (Lipinski definition) is 0. The van der Waals surface area contributed by atoms with Crippen molar-refractivity contribution in [2.45, 2.75) is 6.42 Å². The summed E-state index contributed by atoms with van der Waals surface area (Å²) in [5, 5.41) is 8.47. The van der Waals surface area contributed by atoms with Gasteiger partial charge in [-0.1, -0.05) is 12.1 Å². The van der Waals surface area contributed by atoms with E-state index < -0.39 is 0 Å². The molecule has 0 saturated carbocycles. The van der Waals surface area contributed by atoms with E-state index in [1.807, 2.05) is 36.2 Å². The van der Waals surface area contributed by atoms with Crippen molar-refractivity contribution in [3.05, 3.63) is 24.3 Å². The predicted octanol–water partition coefficient (Wildman–Crippen LogP) is 2.18. The van der Waals surface area contributed by atoms with E-state index in [0.29, 0.717) is 19.0 Å². The van der Waals surface area contributed by atoms with Crippen LogP contribution in [0.2, 0.25) is 0 Å². The van der Waals surface area contributed by atoms with Crippen molar-refractivity contribution in [1.82, 2.24) is 4.98 Å². The highest BCUT2D eigenvalue weighted by Gasteiger charge is 2.08. The fraction of sp³-hybridized carbons (Fsp3) is 0.273. The van der Waals surface area contributed by atoms with Crippen molar-refractivity contribution >= 4 is 17.1 Å². The molecule has 15 heavy (non-hydrogen) atoms. The molecule has 0 fully saturated rings. The number of para-hydroxylation sites is 2. The maximum absolute atomic E-state index is 8.47. The summed E-state index contributed by atoms with van der Waals surface area (Å²) in [6.07, 6.45) is 0.467. The Hall–Kier alpha value is -2.02. The van der Waals surface area contributed by atoms with Crippen LogP contribution in [0, 0.1) is 11.3 Å². The number of anilines is 1. The standard InChI is InChI=1S/C11H11N3O/c1-14(8-4-7-12)11-13-9-5-2-3-6-10(9)15-11/h2-3,5-6H,4,8H2,1H3. The Morgan fingerprint density at radius 2 is 2.27 bits per heavy atom. The molecule has 0 unspecified atom stereocenters. The third kappa shape index (κ3) is 1.91. The van der Waals surface area contributed by atoms with Crippen molar-refractivity contribution in [2.75, 3.05) is 18.5 Å². The number of fused-ring (bicyclic) bond motifs is 1. The molecule has 0 radical (unpaired) electrons. The van der Waals surface area contributed by atoms with Gasteiger partial charge in [0.25, 0.3) is 6.01 Å². The Bertz CT molecular complexity index is 465. The van der Waals surface area contributed by atoms with Gasteiger partial charge in [0.1, 0.15) is 5.52 Å². The molecule has 1 aromatic heterocycles. The lowest BCUT2D eigenvalue weighted by molar-refractivity contribution is 0.584. The summed E-state index contributed by atoms with van der Waals surface area (Å²) in [7, 11) is 1.86. The zero-order valence-corrected chi connectivity index (χ0v) is 8.47. The molecule has 4 nitrogen and oxygen atoms in total. The Labute approximate surface area is 87.7 Å². The lowest BCUT2D eigenvalue weighted by Crippen LogP contribution is -2.18. The van der Waals surface area contributed by atoms with Gasteiger partial charge in [-0.15, -0.1) is 0 Å². The summed E-state index contributed by atoms with van der Waals surface area (Å²) >= 11 is 0. The quantitative estimate of drug-likeness (QED) is 0.763. The highest BCUT2D eigenvalue weighted by atomic mass is 16.4. The first kappa shape index (κ1) is 9.53. The van der Waals surface area contributed by atoms with Crippen molar-refractivity contribution in [2.24, 2.45) is 0 Å². The molecular formula is C11H11N3O. The maximum Gasteiger partial charge on any atom is 0.298 e. The molecule has 1 aromatic carbocycles. The number of rotatable bonds is 3. The molecule has 0 bridgehead atoms. The van der Waals surface area contributed by atoms with E-state index >= 15 is 0 Å². The van der Waals surface area contributed by atoms with Crippen LogP contribution in [0.15, 0.2) is 28.7 Å². The molecule has 0 aliphatic heterocycles. The summed E-state index contributed by atoms with van der Waals surface area (Å²) in [6.45, 7) is 0.628. The maximum atomic E-state index is 8.47. The minimum Gasteiger partial charge on any atom is -0.423 e. The SMILES string of the molecule is CN(CCC#N)c1nc2ccccc2o1. The molecule has 2 rings (SSSR count). The Morgan fingerprint density at radius 1 is 1.47 bits per heavy atom.